The molecular formula is C16H22N4O. The summed E-state index contributed by atoms with van der Waals surface area (Å²) in [5, 5.41) is 4.27. The Labute approximate surface area is 124 Å². The molecule has 5 heteroatoms. The van der Waals surface area contributed by atoms with E-state index in [4.69, 9.17) is 10.5 Å². The summed E-state index contributed by atoms with van der Waals surface area (Å²) >= 11 is 0. The van der Waals surface area contributed by atoms with Crippen molar-refractivity contribution in [3.8, 4) is 0 Å². The van der Waals surface area contributed by atoms with Crippen molar-refractivity contribution in [2.24, 2.45) is 0 Å². The number of nitrogens with two attached hydrogens (primary N) is 1. The Morgan fingerprint density at radius 1 is 1.19 bits per heavy atom. The summed E-state index contributed by atoms with van der Waals surface area (Å²) in [4.78, 5) is 8.93. The highest BCUT2D eigenvalue weighted by Crippen LogP contribution is 2.38. The van der Waals surface area contributed by atoms with Crippen molar-refractivity contribution >= 4 is 22.7 Å². The third kappa shape index (κ3) is 2.65. The van der Waals surface area contributed by atoms with E-state index in [2.05, 4.69) is 43.0 Å². The Hall–Kier alpha value is -1.88. The minimum Gasteiger partial charge on any atom is -0.383 e. The lowest BCUT2D eigenvalue weighted by Crippen LogP contribution is -2.38. The number of benzene rings is 1. The van der Waals surface area contributed by atoms with E-state index in [9.17, 15) is 0 Å². The van der Waals surface area contributed by atoms with Gasteiger partial charge >= 0.3 is 0 Å². The van der Waals surface area contributed by atoms with Crippen molar-refractivity contribution in [2.45, 2.75) is 51.4 Å². The summed E-state index contributed by atoms with van der Waals surface area (Å²) in [5.41, 5.74) is 6.46. The molecule has 5 nitrogen and oxygen atoms in total. The SMILES string of the molecule is CC1(C)CC(Nc2nc(N)c3ccccc3n2)C(C)(C)O1. The molecule has 112 valence electrons. The summed E-state index contributed by atoms with van der Waals surface area (Å²) < 4.78 is 6.09. The number of para-hydroxylation sites is 1. The summed E-state index contributed by atoms with van der Waals surface area (Å²) in [7, 11) is 0. The Balaban J connectivity index is 1.92. The standard InChI is InChI=1S/C16H22N4O/c1-15(2)9-12(16(3,4)21-15)19-14-18-11-8-6-5-7-10(11)13(17)20-14/h5-8,12H,9H2,1-4H3,(H3,17,18,19,20). The molecule has 1 saturated heterocycles. The number of aromatic nitrogens is 2. The van der Waals surface area contributed by atoms with Crippen molar-refractivity contribution in [3.05, 3.63) is 24.3 Å². The van der Waals surface area contributed by atoms with Gasteiger partial charge in [0.15, 0.2) is 0 Å². The van der Waals surface area contributed by atoms with E-state index in [1.165, 1.54) is 0 Å². The number of ether oxygens (including phenoxy) is 1. The molecule has 2 heterocycles. The highest BCUT2D eigenvalue weighted by Gasteiger charge is 2.46. The lowest BCUT2D eigenvalue weighted by atomic mass is 9.95. The maximum Gasteiger partial charge on any atom is 0.225 e. The summed E-state index contributed by atoms with van der Waals surface area (Å²) in [6.45, 7) is 8.38. The molecule has 1 unspecified atom stereocenters. The minimum atomic E-state index is -0.271. The van der Waals surface area contributed by atoms with Gasteiger partial charge in [-0.3, -0.25) is 0 Å². The third-order valence-corrected chi connectivity index (χ3v) is 4.01. The molecule has 1 fully saturated rings. The predicted molar refractivity (Wildman–Crippen MR) is 85.2 cm³/mol. The molecule has 1 aliphatic rings. The van der Waals surface area contributed by atoms with E-state index in [0.717, 1.165) is 17.3 Å². The first-order valence-electron chi connectivity index (χ1n) is 7.26. The molecule has 1 aromatic heterocycles. The van der Waals surface area contributed by atoms with Gasteiger partial charge in [-0.25, -0.2) is 4.98 Å². The maximum atomic E-state index is 6.09. The van der Waals surface area contributed by atoms with Crippen LogP contribution in [-0.4, -0.2) is 27.2 Å². The zero-order chi connectivity index (χ0) is 15.3. The van der Waals surface area contributed by atoms with E-state index in [1.54, 1.807) is 0 Å². The number of nitrogen functional groups attached to an aromatic ring is 1. The molecule has 3 N–H and O–H groups in total. The fraction of sp³-hybridized carbons (Fsp3) is 0.500. The summed E-state index contributed by atoms with van der Waals surface area (Å²) in [5.74, 6) is 1.06. The van der Waals surface area contributed by atoms with Gasteiger partial charge in [0.2, 0.25) is 5.95 Å². The molecule has 2 aromatic rings. The first-order valence-corrected chi connectivity index (χ1v) is 7.26. The second-order valence-electron chi connectivity index (χ2n) is 6.82. The van der Waals surface area contributed by atoms with Crippen molar-refractivity contribution in [1.29, 1.82) is 0 Å². The molecule has 3 rings (SSSR count). The Kier molecular flexibility index (Phi) is 3.06. The fourth-order valence-corrected chi connectivity index (χ4v) is 3.11. The molecule has 0 radical (unpaired) electrons. The second kappa shape index (κ2) is 4.56. The topological polar surface area (TPSA) is 73.1 Å². The average molecular weight is 286 g/mol. The van der Waals surface area contributed by atoms with Gasteiger partial charge in [-0.15, -0.1) is 0 Å². The van der Waals surface area contributed by atoms with E-state index in [1.807, 2.05) is 24.3 Å². The summed E-state index contributed by atoms with van der Waals surface area (Å²) in [6, 6.07) is 7.91. The molecule has 21 heavy (non-hydrogen) atoms. The smallest absolute Gasteiger partial charge is 0.225 e. The van der Waals surface area contributed by atoms with Crippen LogP contribution in [0.25, 0.3) is 10.9 Å². The first kappa shape index (κ1) is 14.1. The van der Waals surface area contributed by atoms with E-state index in [-0.39, 0.29) is 17.2 Å². The number of nitrogens with one attached hydrogen (secondary N) is 1. The van der Waals surface area contributed by atoms with Crippen LogP contribution < -0.4 is 11.1 Å². The van der Waals surface area contributed by atoms with Gasteiger partial charge in [0.05, 0.1) is 22.8 Å². The molecular weight excluding hydrogens is 264 g/mol. The van der Waals surface area contributed by atoms with Crippen molar-refractivity contribution < 1.29 is 4.74 Å². The molecule has 0 spiro atoms. The van der Waals surface area contributed by atoms with Gasteiger partial charge in [0, 0.05) is 5.39 Å². The zero-order valence-corrected chi connectivity index (χ0v) is 13.0. The van der Waals surface area contributed by atoms with Gasteiger partial charge < -0.3 is 15.8 Å². The van der Waals surface area contributed by atoms with E-state index >= 15 is 0 Å². The first-order chi connectivity index (χ1) is 9.77. The molecule has 1 aromatic carbocycles. The van der Waals surface area contributed by atoms with E-state index < -0.39 is 0 Å². The van der Waals surface area contributed by atoms with Crippen LogP contribution in [-0.2, 0) is 4.74 Å². The monoisotopic (exact) mass is 286 g/mol. The van der Waals surface area contributed by atoms with Crippen LogP contribution in [0, 0.1) is 0 Å². The quantitative estimate of drug-likeness (QED) is 0.888. The minimum absolute atomic E-state index is 0.146. The number of nitrogens with zero attached hydrogens (tertiary/aromatic N) is 2. The molecule has 0 aliphatic carbocycles. The number of hydrogen-bond acceptors (Lipinski definition) is 5. The number of hydrogen-bond donors (Lipinski definition) is 2. The van der Waals surface area contributed by atoms with Crippen LogP contribution in [0.3, 0.4) is 0 Å². The van der Waals surface area contributed by atoms with Crippen LogP contribution in [0.5, 0.6) is 0 Å². The Bertz CT molecular complexity index is 681. The summed E-state index contributed by atoms with van der Waals surface area (Å²) in [6.07, 6.45) is 0.899. The van der Waals surface area contributed by atoms with Gasteiger partial charge in [-0.05, 0) is 46.2 Å². The third-order valence-electron chi connectivity index (χ3n) is 4.01. The van der Waals surface area contributed by atoms with E-state index in [0.29, 0.717) is 11.8 Å². The van der Waals surface area contributed by atoms with Gasteiger partial charge in [0.1, 0.15) is 5.82 Å². The zero-order valence-electron chi connectivity index (χ0n) is 13.0. The largest absolute Gasteiger partial charge is 0.383 e. The van der Waals surface area contributed by atoms with Crippen molar-refractivity contribution in [3.63, 3.8) is 0 Å². The normalized spacial score (nSPS) is 23.3. The highest BCUT2D eigenvalue weighted by atomic mass is 16.5. The lowest BCUT2D eigenvalue weighted by molar-refractivity contribution is -0.0663. The van der Waals surface area contributed by atoms with Crippen LogP contribution in [0.1, 0.15) is 34.1 Å². The van der Waals surface area contributed by atoms with Crippen molar-refractivity contribution in [1.82, 2.24) is 9.97 Å². The van der Waals surface area contributed by atoms with Crippen molar-refractivity contribution in [2.75, 3.05) is 11.1 Å². The van der Waals surface area contributed by atoms with Crippen LogP contribution in [0.2, 0.25) is 0 Å². The fourth-order valence-electron chi connectivity index (χ4n) is 3.11. The Morgan fingerprint density at radius 3 is 2.57 bits per heavy atom. The highest BCUT2D eigenvalue weighted by molar-refractivity contribution is 5.88. The second-order valence-corrected chi connectivity index (χ2v) is 6.82. The molecule has 1 atom stereocenters. The predicted octanol–water partition coefficient (Wildman–Crippen LogP) is 2.97. The van der Waals surface area contributed by atoms with Crippen LogP contribution in [0.4, 0.5) is 11.8 Å². The average Bonchev–Trinajstić information content (AvgIpc) is 2.57. The van der Waals surface area contributed by atoms with Gasteiger partial charge in [0.25, 0.3) is 0 Å². The number of anilines is 2. The lowest BCUT2D eigenvalue weighted by Gasteiger charge is -2.27. The molecule has 0 bridgehead atoms. The van der Waals surface area contributed by atoms with Gasteiger partial charge in [-0.2, -0.15) is 4.98 Å². The molecule has 0 amide bonds. The molecule has 0 saturated carbocycles. The van der Waals surface area contributed by atoms with Gasteiger partial charge in [-0.1, -0.05) is 12.1 Å². The van der Waals surface area contributed by atoms with Crippen LogP contribution >= 0.6 is 0 Å². The number of rotatable bonds is 2. The molecule has 1 aliphatic heterocycles. The Morgan fingerprint density at radius 2 is 1.90 bits per heavy atom. The maximum absolute atomic E-state index is 6.09. The number of fused-ring (bicyclic) bond motifs is 1. The van der Waals surface area contributed by atoms with Crippen LogP contribution in [0.15, 0.2) is 24.3 Å².